The summed E-state index contributed by atoms with van der Waals surface area (Å²) in [5, 5.41) is 11.0. The molecule has 0 amide bonds. The largest absolute Gasteiger partial charge is 0.389 e. The molecule has 4 nitrogen and oxygen atoms in total. The molecule has 2 aliphatic heterocycles. The van der Waals surface area contributed by atoms with Gasteiger partial charge in [0.1, 0.15) is 0 Å². The van der Waals surface area contributed by atoms with E-state index in [4.69, 9.17) is 9.57 Å². The molecule has 0 radical (unpaired) electrons. The third kappa shape index (κ3) is 1.95. The number of hydrogen-bond donors (Lipinski definition) is 1. The Bertz CT molecular complexity index is 147. The van der Waals surface area contributed by atoms with E-state index in [-0.39, 0.29) is 6.10 Å². The first-order valence-corrected chi connectivity index (χ1v) is 4.48. The van der Waals surface area contributed by atoms with Gasteiger partial charge in [-0.15, -0.1) is 0 Å². The fourth-order valence-electron chi connectivity index (χ4n) is 1.67. The molecule has 0 aromatic heterocycles. The highest BCUT2D eigenvalue weighted by Crippen LogP contribution is 2.16. The summed E-state index contributed by atoms with van der Waals surface area (Å²) in [5.74, 6) is 0.593. The normalized spacial score (nSPS) is 37.8. The Morgan fingerprint density at radius 1 is 1.42 bits per heavy atom. The summed E-state index contributed by atoms with van der Waals surface area (Å²) < 4.78 is 5.25. The second kappa shape index (κ2) is 3.70. The highest BCUT2D eigenvalue weighted by molar-refractivity contribution is 4.70. The third-order valence-corrected chi connectivity index (χ3v) is 2.35. The maximum Gasteiger partial charge on any atom is 0.0958 e. The number of hydrogen-bond acceptors (Lipinski definition) is 4. The van der Waals surface area contributed by atoms with Crippen LogP contribution in [-0.4, -0.2) is 49.2 Å². The van der Waals surface area contributed by atoms with Gasteiger partial charge < -0.3 is 9.84 Å². The van der Waals surface area contributed by atoms with Crippen molar-refractivity contribution in [1.82, 2.24) is 5.06 Å². The van der Waals surface area contributed by atoms with Gasteiger partial charge in [-0.05, 0) is 12.3 Å². The molecule has 4 heteroatoms. The Morgan fingerprint density at radius 2 is 2.33 bits per heavy atom. The molecule has 2 fully saturated rings. The Hall–Kier alpha value is -0.160. The van der Waals surface area contributed by atoms with E-state index in [0.717, 1.165) is 26.2 Å². The summed E-state index contributed by atoms with van der Waals surface area (Å²) in [6.07, 6.45) is 0.822. The first-order valence-electron chi connectivity index (χ1n) is 4.48. The predicted octanol–water partition coefficient (Wildman–Crippen LogP) is -0.369. The Kier molecular flexibility index (Phi) is 2.60. The summed E-state index contributed by atoms with van der Waals surface area (Å²) in [5.41, 5.74) is 0. The van der Waals surface area contributed by atoms with Gasteiger partial charge in [0, 0.05) is 13.2 Å². The van der Waals surface area contributed by atoms with Crippen molar-refractivity contribution in [3.63, 3.8) is 0 Å². The van der Waals surface area contributed by atoms with Crippen molar-refractivity contribution in [1.29, 1.82) is 0 Å². The molecule has 2 aliphatic rings. The van der Waals surface area contributed by atoms with E-state index < -0.39 is 0 Å². The third-order valence-electron chi connectivity index (χ3n) is 2.35. The molecule has 2 saturated heterocycles. The molecular weight excluding hydrogens is 158 g/mol. The van der Waals surface area contributed by atoms with E-state index in [2.05, 4.69) is 0 Å². The summed E-state index contributed by atoms with van der Waals surface area (Å²) in [6, 6.07) is 0. The lowest BCUT2D eigenvalue weighted by Gasteiger charge is -2.16. The van der Waals surface area contributed by atoms with Crippen LogP contribution < -0.4 is 0 Å². The van der Waals surface area contributed by atoms with E-state index in [9.17, 15) is 5.11 Å². The van der Waals surface area contributed by atoms with Crippen LogP contribution in [0.15, 0.2) is 0 Å². The lowest BCUT2D eigenvalue weighted by atomic mass is 10.1. The van der Waals surface area contributed by atoms with Gasteiger partial charge in [0.2, 0.25) is 0 Å². The van der Waals surface area contributed by atoms with Crippen molar-refractivity contribution in [2.75, 3.05) is 32.9 Å². The van der Waals surface area contributed by atoms with E-state index in [1.807, 2.05) is 5.06 Å². The molecule has 0 aliphatic carbocycles. The van der Waals surface area contributed by atoms with Crippen LogP contribution in [0.5, 0.6) is 0 Å². The van der Waals surface area contributed by atoms with Crippen LogP contribution in [0.25, 0.3) is 0 Å². The summed E-state index contributed by atoms with van der Waals surface area (Å²) in [7, 11) is 0. The van der Waals surface area contributed by atoms with Gasteiger partial charge in [0.15, 0.2) is 0 Å². The number of ether oxygens (including phenoxy) is 1. The molecule has 2 atom stereocenters. The highest BCUT2D eigenvalue weighted by Gasteiger charge is 2.25. The average molecular weight is 173 g/mol. The van der Waals surface area contributed by atoms with Crippen LogP contribution in [-0.2, 0) is 9.57 Å². The highest BCUT2D eigenvalue weighted by atomic mass is 16.7. The molecule has 0 aromatic carbocycles. The minimum Gasteiger partial charge on any atom is -0.389 e. The molecule has 70 valence electrons. The van der Waals surface area contributed by atoms with Crippen LogP contribution in [0.3, 0.4) is 0 Å². The zero-order chi connectivity index (χ0) is 8.39. The monoisotopic (exact) mass is 173 g/mol. The Labute approximate surface area is 72.0 Å². The van der Waals surface area contributed by atoms with Crippen LogP contribution in [0.4, 0.5) is 0 Å². The lowest BCUT2D eigenvalue weighted by molar-refractivity contribution is -0.119. The molecule has 2 heterocycles. The van der Waals surface area contributed by atoms with Gasteiger partial charge in [0.05, 0.1) is 25.9 Å². The molecule has 12 heavy (non-hydrogen) atoms. The first-order chi connectivity index (χ1) is 5.84. The minimum atomic E-state index is -0.299. The molecule has 0 aromatic rings. The Morgan fingerprint density at radius 3 is 2.92 bits per heavy atom. The number of nitrogens with zero attached hydrogens (tertiary/aromatic N) is 1. The van der Waals surface area contributed by atoms with Crippen LogP contribution >= 0.6 is 0 Å². The smallest absolute Gasteiger partial charge is 0.0958 e. The quantitative estimate of drug-likeness (QED) is 0.618. The van der Waals surface area contributed by atoms with E-state index in [1.165, 1.54) is 0 Å². The molecular formula is C8H15NO3. The number of rotatable bonds is 2. The molecule has 1 unspecified atom stereocenters. The van der Waals surface area contributed by atoms with Crippen LogP contribution in [0, 0.1) is 5.92 Å². The first kappa shape index (κ1) is 8.44. The number of hydroxylamine groups is 2. The van der Waals surface area contributed by atoms with Crippen molar-refractivity contribution >= 4 is 0 Å². The zero-order valence-corrected chi connectivity index (χ0v) is 7.11. The summed E-state index contributed by atoms with van der Waals surface area (Å²) >= 11 is 0. The lowest BCUT2D eigenvalue weighted by Crippen LogP contribution is -2.27. The van der Waals surface area contributed by atoms with Gasteiger partial charge in [0.25, 0.3) is 0 Å². The fourth-order valence-corrected chi connectivity index (χ4v) is 1.67. The van der Waals surface area contributed by atoms with Gasteiger partial charge in [-0.2, -0.15) is 5.06 Å². The summed E-state index contributed by atoms with van der Waals surface area (Å²) in [4.78, 5) is 5.25. The van der Waals surface area contributed by atoms with Crippen molar-refractivity contribution in [2.45, 2.75) is 12.5 Å². The summed E-state index contributed by atoms with van der Waals surface area (Å²) in [6.45, 7) is 3.72. The van der Waals surface area contributed by atoms with Crippen molar-refractivity contribution < 1.29 is 14.7 Å². The van der Waals surface area contributed by atoms with Gasteiger partial charge in [-0.3, -0.25) is 4.84 Å². The van der Waals surface area contributed by atoms with Crippen molar-refractivity contribution in [3.05, 3.63) is 0 Å². The van der Waals surface area contributed by atoms with E-state index in [1.54, 1.807) is 0 Å². The average Bonchev–Trinajstić information content (AvgIpc) is 2.63. The van der Waals surface area contributed by atoms with Crippen LogP contribution in [0.2, 0.25) is 0 Å². The Balaban J connectivity index is 1.72. The molecule has 2 rings (SSSR count). The fraction of sp³-hybridized carbons (Fsp3) is 1.00. The maximum atomic E-state index is 9.18. The number of aliphatic hydroxyl groups is 1. The zero-order valence-electron chi connectivity index (χ0n) is 7.11. The standard InChI is InChI=1S/C8H15NO3/c10-8-4-9(12-6-8)3-7-1-2-11-5-7/h7-8,10H,1-6H2/t7?,8-/m0/s1. The van der Waals surface area contributed by atoms with Gasteiger partial charge in [-0.25, -0.2) is 0 Å². The van der Waals surface area contributed by atoms with Gasteiger partial charge in [-0.1, -0.05) is 0 Å². The molecule has 0 saturated carbocycles. The van der Waals surface area contributed by atoms with E-state index in [0.29, 0.717) is 19.1 Å². The predicted molar refractivity (Wildman–Crippen MR) is 42.5 cm³/mol. The van der Waals surface area contributed by atoms with Crippen molar-refractivity contribution in [3.8, 4) is 0 Å². The number of aliphatic hydroxyl groups excluding tert-OH is 1. The van der Waals surface area contributed by atoms with Gasteiger partial charge >= 0.3 is 0 Å². The second-order valence-corrected chi connectivity index (χ2v) is 3.53. The van der Waals surface area contributed by atoms with Crippen molar-refractivity contribution in [2.24, 2.45) is 5.92 Å². The topological polar surface area (TPSA) is 41.9 Å². The number of β-amino-alcohol motifs (C(OH)–C–C–N with tert-alkyl or cyclic N) is 1. The maximum absolute atomic E-state index is 9.18. The molecule has 0 bridgehead atoms. The minimum absolute atomic E-state index is 0.299. The SMILES string of the molecule is O[C@@H]1CON(CC2CCOC2)C1. The van der Waals surface area contributed by atoms with E-state index >= 15 is 0 Å². The molecule has 0 spiro atoms. The second-order valence-electron chi connectivity index (χ2n) is 3.53. The van der Waals surface area contributed by atoms with Crippen LogP contribution in [0.1, 0.15) is 6.42 Å². The molecule has 1 N–H and O–H groups in total.